The van der Waals surface area contributed by atoms with Gasteiger partial charge in [-0.25, -0.2) is 4.21 Å². The van der Waals surface area contributed by atoms with E-state index in [1.165, 1.54) is 49.7 Å². The number of aliphatic hydroxyl groups is 1. The minimum absolute atomic E-state index is 0.173. The summed E-state index contributed by atoms with van der Waals surface area (Å²) in [6.07, 6.45) is 17.3. The molecule has 0 saturated heterocycles. The Morgan fingerprint density at radius 1 is 1.05 bits per heavy atom. The highest BCUT2D eigenvalue weighted by molar-refractivity contribution is 7.80. The molecule has 1 N–H and O–H groups in total. The van der Waals surface area contributed by atoms with Crippen LogP contribution in [-0.2, 0) is 15.3 Å². The number of hydrogen-bond donors (Lipinski definition) is 1. The fourth-order valence-corrected chi connectivity index (χ4v) is 8.65. The Balaban J connectivity index is 1.34. The Bertz CT molecular complexity index is 1040. The summed E-state index contributed by atoms with van der Waals surface area (Å²) in [5.74, 6) is 1.34. The molecule has 3 nitrogen and oxygen atoms in total. The summed E-state index contributed by atoms with van der Waals surface area (Å²) in [4.78, 5) is 0.751. The van der Waals surface area contributed by atoms with Crippen LogP contribution >= 0.6 is 0 Å². The standard InChI is InChI=1S/C34H52O3S/c1-25-12-16-30(17-13-25)38(36)37-23-8-7-10-26(2)33(5)22-19-31-27(11-9-20-34(31,33)6)14-15-28-24-29(35)18-21-32(28,3)4/h12-17,26,29,31,35H,7-11,18-24H2,1-6H3. The van der Waals surface area contributed by atoms with Gasteiger partial charge in [0.2, 0.25) is 0 Å². The summed E-state index contributed by atoms with van der Waals surface area (Å²) in [5.41, 5.74) is 5.14. The number of allylic oxidation sites excluding steroid dienone is 3. The van der Waals surface area contributed by atoms with Gasteiger partial charge in [0.15, 0.2) is 11.1 Å². The fraction of sp³-hybridized carbons (Fsp3) is 0.706. The number of aliphatic hydroxyl groups excluding tert-OH is 1. The van der Waals surface area contributed by atoms with Crippen molar-refractivity contribution in [1.29, 1.82) is 0 Å². The van der Waals surface area contributed by atoms with E-state index in [-0.39, 0.29) is 11.5 Å². The zero-order valence-corrected chi connectivity index (χ0v) is 25.7. The molecular formula is C34H52O3S. The first-order chi connectivity index (χ1) is 18.0. The molecule has 212 valence electrons. The zero-order chi connectivity index (χ0) is 27.6. The minimum Gasteiger partial charge on any atom is -0.393 e. The molecule has 0 aromatic heterocycles. The van der Waals surface area contributed by atoms with Crippen LogP contribution in [0.15, 0.2) is 52.5 Å². The lowest BCUT2D eigenvalue weighted by molar-refractivity contribution is 0.00181. The van der Waals surface area contributed by atoms with E-state index in [0.717, 1.165) is 37.0 Å². The van der Waals surface area contributed by atoms with E-state index >= 15 is 0 Å². The van der Waals surface area contributed by atoms with Crippen molar-refractivity contribution in [3.8, 4) is 0 Å². The lowest BCUT2D eigenvalue weighted by Crippen LogP contribution is -2.43. The molecule has 0 radical (unpaired) electrons. The van der Waals surface area contributed by atoms with Crippen molar-refractivity contribution in [2.24, 2.45) is 28.1 Å². The molecule has 3 fully saturated rings. The predicted molar refractivity (Wildman–Crippen MR) is 159 cm³/mol. The summed E-state index contributed by atoms with van der Waals surface area (Å²) in [6, 6.07) is 7.76. The molecule has 0 heterocycles. The third-order valence-corrected chi connectivity index (χ3v) is 12.1. The van der Waals surface area contributed by atoms with Gasteiger partial charge in [0.05, 0.1) is 17.6 Å². The Morgan fingerprint density at radius 3 is 2.53 bits per heavy atom. The van der Waals surface area contributed by atoms with Crippen molar-refractivity contribution in [3.63, 3.8) is 0 Å². The maximum absolute atomic E-state index is 12.4. The van der Waals surface area contributed by atoms with Crippen molar-refractivity contribution >= 4 is 11.1 Å². The van der Waals surface area contributed by atoms with Gasteiger partial charge < -0.3 is 5.11 Å². The summed E-state index contributed by atoms with van der Waals surface area (Å²) >= 11 is -1.37. The number of unbranched alkanes of at least 4 members (excludes halogenated alkanes) is 1. The molecule has 3 aliphatic rings. The number of benzene rings is 1. The Labute approximate surface area is 235 Å². The first-order valence-electron chi connectivity index (χ1n) is 15.2. The van der Waals surface area contributed by atoms with Gasteiger partial charge in [-0.15, -0.1) is 0 Å². The molecule has 0 aliphatic heterocycles. The average molecular weight is 541 g/mol. The molecule has 6 atom stereocenters. The van der Waals surface area contributed by atoms with Crippen LogP contribution in [0.25, 0.3) is 0 Å². The van der Waals surface area contributed by atoms with Crippen LogP contribution in [0.1, 0.15) is 111 Å². The quantitative estimate of drug-likeness (QED) is 0.318. The SMILES string of the molecule is Cc1ccc(S(=O)OCCCCC(C)C2(C)CCC3C(=CC=C4CC(O)CCC4(C)C)CCCC32C)cc1. The smallest absolute Gasteiger partial charge is 0.189 e. The van der Waals surface area contributed by atoms with E-state index < -0.39 is 11.1 Å². The molecule has 1 aromatic rings. The van der Waals surface area contributed by atoms with Gasteiger partial charge in [0.1, 0.15) is 0 Å². The van der Waals surface area contributed by atoms with Crippen LogP contribution in [0, 0.1) is 35.0 Å². The van der Waals surface area contributed by atoms with Crippen LogP contribution in [0.2, 0.25) is 0 Å². The third-order valence-electron chi connectivity index (χ3n) is 11.1. The highest BCUT2D eigenvalue weighted by Crippen LogP contribution is 2.66. The van der Waals surface area contributed by atoms with Crippen LogP contribution in [0.5, 0.6) is 0 Å². The Morgan fingerprint density at radius 2 is 1.79 bits per heavy atom. The summed E-state index contributed by atoms with van der Waals surface area (Å²) in [7, 11) is 0. The zero-order valence-electron chi connectivity index (χ0n) is 24.9. The number of fused-ring (bicyclic) bond motifs is 1. The molecule has 0 spiro atoms. The monoisotopic (exact) mass is 540 g/mol. The van der Waals surface area contributed by atoms with Crippen molar-refractivity contribution in [2.45, 2.75) is 123 Å². The van der Waals surface area contributed by atoms with E-state index in [4.69, 9.17) is 4.18 Å². The van der Waals surface area contributed by atoms with Gasteiger partial charge in [-0.3, -0.25) is 4.18 Å². The van der Waals surface area contributed by atoms with Crippen LogP contribution < -0.4 is 0 Å². The van der Waals surface area contributed by atoms with Gasteiger partial charge >= 0.3 is 0 Å². The van der Waals surface area contributed by atoms with Crippen molar-refractivity contribution in [1.82, 2.24) is 0 Å². The molecule has 0 bridgehead atoms. The fourth-order valence-electron chi connectivity index (χ4n) is 7.89. The second-order valence-corrected chi connectivity index (χ2v) is 14.9. The molecule has 6 unspecified atom stereocenters. The largest absolute Gasteiger partial charge is 0.393 e. The van der Waals surface area contributed by atoms with E-state index in [2.05, 4.69) is 46.8 Å². The normalized spacial score (nSPS) is 34.8. The van der Waals surface area contributed by atoms with Crippen molar-refractivity contribution in [2.75, 3.05) is 6.61 Å². The second kappa shape index (κ2) is 12.1. The van der Waals surface area contributed by atoms with Crippen molar-refractivity contribution in [3.05, 3.63) is 53.1 Å². The van der Waals surface area contributed by atoms with Crippen LogP contribution in [0.4, 0.5) is 0 Å². The van der Waals surface area contributed by atoms with Crippen LogP contribution in [0.3, 0.4) is 0 Å². The highest BCUT2D eigenvalue weighted by atomic mass is 32.2. The molecule has 4 rings (SSSR count). The summed E-state index contributed by atoms with van der Waals surface area (Å²) < 4.78 is 18.1. The molecular weight excluding hydrogens is 488 g/mol. The molecule has 3 saturated carbocycles. The third kappa shape index (κ3) is 6.23. The number of hydrogen-bond acceptors (Lipinski definition) is 3. The Hall–Kier alpha value is -1.23. The Kier molecular flexibility index (Phi) is 9.48. The maximum atomic E-state index is 12.4. The van der Waals surface area contributed by atoms with Crippen molar-refractivity contribution < 1.29 is 13.5 Å². The molecule has 4 heteroatoms. The van der Waals surface area contributed by atoms with E-state index in [0.29, 0.717) is 29.3 Å². The molecule has 38 heavy (non-hydrogen) atoms. The van der Waals surface area contributed by atoms with Crippen LogP contribution in [-0.4, -0.2) is 22.0 Å². The maximum Gasteiger partial charge on any atom is 0.189 e. The first kappa shape index (κ1) is 29.7. The van der Waals surface area contributed by atoms with Gasteiger partial charge in [0, 0.05) is 0 Å². The molecule has 1 aromatic carbocycles. The lowest BCUT2D eigenvalue weighted by Gasteiger charge is -2.51. The van der Waals surface area contributed by atoms with E-state index in [1.54, 1.807) is 5.57 Å². The van der Waals surface area contributed by atoms with Gasteiger partial charge in [-0.2, -0.15) is 0 Å². The molecule has 0 amide bonds. The number of aryl methyl sites for hydroxylation is 1. The lowest BCUT2D eigenvalue weighted by atomic mass is 9.53. The predicted octanol–water partition coefficient (Wildman–Crippen LogP) is 8.87. The second-order valence-electron chi connectivity index (χ2n) is 13.8. The highest BCUT2D eigenvalue weighted by Gasteiger charge is 2.57. The van der Waals surface area contributed by atoms with E-state index in [1.807, 2.05) is 31.2 Å². The summed E-state index contributed by atoms with van der Waals surface area (Å²) in [6.45, 7) is 14.9. The van der Waals surface area contributed by atoms with Gasteiger partial charge in [0.25, 0.3) is 0 Å². The minimum atomic E-state index is -1.37. The average Bonchev–Trinajstić information content (AvgIpc) is 3.16. The number of rotatable bonds is 9. The van der Waals surface area contributed by atoms with E-state index in [9.17, 15) is 9.32 Å². The summed E-state index contributed by atoms with van der Waals surface area (Å²) in [5, 5.41) is 10.3. The topological polar surface area (TPSA) is 46.5 Å². The van der Waals surface area contributed by atoms with Gasteiger partial charge in [-0.05, 0) is 105 Å². The molecule has 3 aliphatic carbocycles. The van der Waals surface area contributed by atoms with Gasteiger partial charge in [-0.1, -0.05) is 88.5 Å². The first-order valence-corrected chi connectivity index (χ1v) is 16.2.